The molecule has 1 saturated heterocycles. The molecule has 0 radical (unpaired) electrons. The predicted octanol–water partition coefficient (Wildman–Crippen LogP) is 1.88. The van der Waals surface area contributed by atoms with Crippen molar-refractivity contribution < 1.29 is 17.3 Å². The van der Waals surface area contributed by atoms with Gasteiger partial charge in [0.25, 0.3) is 0 Å². The molecule has 1 heterocycles. The maximum atomic E-state index is 12.6. The predicted molar refractivity (Wildman–Crippen MR) is 59.2 cm³/mol. The maximum Gasteiger partial charge on any atom is 0.343 e. The van der Waals surface area contributed by atoms with Crippen LogP contribution in [0.1, 0.15) is 14.6 Å². The fourth-order valence-corrected chi connectivity index (χ4v) is 2.92. The molecule has 0 aliphatic carbocycles. The molecule has 4 nitrogen and oxygen atoms in total. The van der Waals surface area contributed by atoms with Crippen molar-refractivity contribution in [1.29, 1.82) is 0 Å². The average molecular weight is 267 g/mol. The molecule has 0 aromatic heterocycles. The van der Waals surface area contributed by atoms with Crippen LogP contribution >= 0.6 is 30.9 Å². The molecule has 7 heteroatoms. The molecule has 1 aliphatic heterocycles. The van der Waals surface area contributed by atoms with E-state index in [1.807, 2.05) is 5.09 Å². The normalized spacial score (nSPS) is 42.8. The lowest BCUT2D eigenvalue weighted by Crippen LogP contribution is -2.35. The Morgan fingerprint density at radius 3 is 3.00 bits per heavy atom. The van der Waals surface area contributed by atoms with Crippen LogP contribution in [0.4, 0.5) is 0 Å². The Morgan fingerprint density at radius 1 is 1.64 bits per heavy atom. The quantitative estimate of drug-likeness (QED) is 0.610. The van der Waals surface area contributed by atoms with Gasteiger partial charge >= 0.3 is 7.67 Å². The molecule has 0 aromatic rings. The highest BCUT2D eigenvalue weighted by Crippen LogP contribution is 2.47. The SMILES string of the molecule is [2H]C([2H])(Cl)CN(CCCl)P1(=O)NC([2H])([2H])C([2H])([2H])CO1. The van der Waals surface area contributed by atoms with Gasteiger partial charge in [-0.05, 0) is 6.37 Å². The summed E-state index contributed by atoms with van der Waals surface area (Å²) in [5.74, 6) is -2.21. The summed E-state index contributed by atoms with van der Waals surface area (Å²) in [5, 5.41) is 2.00. The van der Waals surface area contributed by atoms with Gasteiger partial charge in [-0.25, -0.2) is 9.76 Å². The molecule has 0 amide bonds. The second-order valence-electron chi connectivity index (χ2n) is 2.42. The van der Waals surface area contributed by atoms with Crippen molar-refractivity contribution >= 4 is 30.9 Å². The summed E-state index contributed by atoms with van der Waals surface area (Å²) in [6.07, 6.45) is -2.37. The summed E-state index contributed by atoms with van der Waals surface area (Å²) in [6.45, 7) is -3.89. The summed E-state index contributed by atoms with van der Waals surface area (Å²) in [7, 11) is -3.98. The number of halogens is 2. The van der Waals surface area contributed by atoms with Gasteiger partial charge in [0.2, 0.25) is 0 Å². The van der Waals surface area contributed by atoms with Crippen molar-refractivity contribution in [2.45, 2.75) is 6.37 Å². The Labute approximate surface area is 103 Å². The summed E-state index contributed by atoms with van der Waals surface area (Å²) in [4.78, 5) is 0. The van der Waals surface area contributed by atoms with E-state index < -0.39 is 39.5 Å². The number of nitrogens with zero attached hydrogens (tertiary/aromatic N) is 1. The smallest absolute Gasteiger partial charge is 0.306 e. The van der Waals surface area contributed by atoms with Crippen molar-refractivity contribution in [3.8, 4) is 0 Å². The second-order valence-corrected chi connectivity index (χ2v) is 5.15. The van der Waals surface area contributed by atoms with Crippen LogP contribution in [-0.4, -0.2) is 42.6 Å². The Balaban J connectivity index is 2.99. The van der Waals surface area contributed by atoms with Crippen LogP contribution < -0.4 is 5.09 Å². The Hall–Kier alpha value is 0.690. The van der Waals surface area contributed by atoms with Gasteiger partial charge in [-0.3, -0.25) is 4.57 Å². The second kappa shape index (κ2) is 6.31. The average Bonchev–Trinajstić information content (AvgIpc) is 2.22. The first-order valence-electron chi connectivity index (χ1n) is 6.87. The minimum Gasteiger partial charge on any atom is -0.306 e. The van der Waals surface area contributed by atoms with Crippen molar-refractivity contribution in [2.24, 2.45) is 0 Å². The molecule has 1 N–H and O–H groups in total. The lowest BCUT2D eigenvalue weighted by Gasteiger charge is -2.33. The van der Waals surface area contributed by atoms with E-state index in [-0.39, 0.29) is 12.4 Å². The van der Waals surface area contributed by atoms with Crippen LogP contribution in [0, 0.1) is 0 Å². The Kier molecular flexibility index (Phi) is 2.90. The lowest BCUT2D eigenvalue weighted by atomic mass is 10.5. The van der Waals surface area contributed by atoms with Gasteiger partial charge < -0.3 is 4.52 Å². The van der Waals surface area contributed by atoms with E-state index in [1.165, 1.54) is 0 Å². The van der Waals surface area contributed by atoms with Crippen LogP contribution in [0.25, 0.3) is 0 Å². The maximum absolute atomic E-state index is 12.6. The van der Waals surface area contributed by atoms with Gasteiger partial charge in [-0.15, -0.1) is 23.2 Å². The van der Waals surface area contributed by atoms with E-state index in [4.69, 9.17) is 36.0 Å². The third-order valence-electron chi connectivity index (χ3n) is 1.55. The van der Waals surface area contributed by atoms with Crippen LogP contribution in [-0.2, 0) is 9.09 Å². The highest BCUT2D eigenvalue weighted by Gasteiger charge is 2.32. The summed E-state index contributed by atoms with van der Waals surface area (Å²) >= 11 is 11.0. The van der Waals surface area contributed by atoms with E-state index in [9.17, 15) is 4.57 Å². The highest BCUT2D eigenvalue weighted by molar-refractivity contribution is 7.54. The fraction of sp³-hybridized carbons (Fsp3) is 1.00. The molecule has 14 heavy (non-hydrogen) atoms. The molecule has 1 unspecified atom stereocenters. The van der Waals surface area contributed by atoms with Gasteiger partial charge in [-0.1, -0.05) is 0 Å². The van der Waals surface area contributed by atoms with Crippen LogP contribution in [0.2, 0.25) is 0 Å². The van der Waals surface area contributed by atoms with E-state index in [0.717, 1.165) is 4.67 Å². The fourth-order valence-electron chi connectivity index (χ4n) is 0.921. The third kappa shape index (κ3) is 3.37. The number of alkyl halides is 2. The first-order chi connectivity index (χ1) is 8.83. The molecular weight excluding hydrogens is 246 g/mol. The molecule has 1 aliphatic rings. The Morgan fingerprint density at radius 2 is 2.43 bits per heavy atom. The van der Waals surface area contributed by atoms with Gasteiger partial charge in [-0.2, -0.15) is 0 Å². The number of nitrogens with one attached hydrogen (secondary N) is 1. The van der Waals surface area contributed by atoms with E-state index in [2.05, 4.69) is 0 Å². The summed E-state index contributed by atoms with van der Waals surface area (Å²) in [6, 6.07) is 0. The van der Waals surface area contributed by atoms with Crippen LogP contribution in [0.15, 0.2) is 0 Å². The Bertz CT molecular complexity index is 407. The molecule has 84 valence electrons. The van der Waals surface area contributed by atoms with Crippen molar-refractivity contribution in [3.05, 3.63) is 0 Å². The zero-order valence-corrected chi connectivity index (χ0v) is 9.70. The molecule has 1 fully saturated rings. The number of rotatable bonds is 5. The monoisotopic (exact) mass is 266 g/mol. The molecule has 0 aromatic carbocycles. The van der Waals surface area contributed by atoms with Crippen LogP contribution in [0.3, 0.4) is 0 Å². The van der Waals surface area contributed by atoms with E-state index >= 15 is 0 Å². The number of hydrogen-bond acceptors (Lipinski definition) is 2. The van der Waals surface area contributed by atoms with Gasteiger partial charge in [0.1, 0.15) is 0 Å². The first-order valence-corrected chi connectivity index (χ1v) is 6.36. The van der Waals surface area contributed by atoms with Crippen molar-refractivity contribution in [3.63, 3.8) is 0 Å². The van der Waals surface area contributed by atoms with Crippen molar-refractivity contribution in [1.82, 2.24) is 9.76 Å². The van der Waals surface area contributed by atoms with E-state index in [1.54, 1.807) is 0 Å². The highest BCUT2D eigenvalue weighted by atomic mass is 35.5. The third-order valence-corrected chi connectivity index (χ3v) is 3.80. The largest absolute Gasteiger partial charge is 0.343 e. The first kappa shape index (κ1) is 6.43. The molecule has 1 rings (SSSR count). The topological polar surface area (TPSA) is 41.6 Å². The molecule has 0 bridgehead atoms. The standard InChI is InChI=1S/C7H15Cl2N2O2P/c8-2-5-11(6-3-9)14(12)10-4-1-7-13-14/h1-7H2,(H,10,12)/i1D2,2D2,4D2. The zero-order chi connectivity index (χ0) is 15.8. The molecular formula is C7H15Cl2N2O2P. The molecule has 0 saturated carbocycles. The minimum absolute atomic E-state index is 0.00209. The lowest BCUT2D eigenvalue weighted by molar-refractivity contribution is 0.233. The van der Waals surface area contributed by atoms with Gasteiger partial charge in [0.05, 0.1) is 6.61 Å². The minimum atomic E-state index is -3.98. The number of hydrogen-bond donors (Lipinski definition) is 1. The summed E-state index contributed by atoms with van der Waals surface area (Å²) in [5.41, 5.74) is 0. The molecule has 0 spiro atoms. The van der Waals surface area contributed by atoms with Gasteiger partial charge in [0, 0.05) is 39.5 Å². The van der Waals surface area contributed by atoms with Crippen molar-refractivity contribution in [2.75, 3.05) is 37.9 Å². The molecule has 1 atom stereocenters. The van der Waals surface area contributed by atoms with Crippen LogP contribution in [0.5, 0.6) is 0 Å². The zero-order valence-electron chi connectivity index (χ0n) is 13.3. The summed E-state index contributed by atoms with van der Waals surface area (Å²) < 4.78 is 63.2. The van der Waals surface area contributed by atoms with Gasteiger partial charge in [0.15, 0.2) is 0 Å². The van der Waals surface area contributed by atoms with E-state index in [0.29, 0.717) is 0 Å².